The minimum absolute atomic E-state index is 0.193. The van der Waals surface area contributed by atoms with Crippen LogP contribution in [-0.2, 0) is 4.74 Å². The van der Waals surface area contributed by atoms with Crippen LogP contribution in [0.4, 0.5) is 0 Å². The molecule has 5 rings (SSSR count). The minimum Gasteiger partial charge on any atom is -0.475 e. The zero-order valence-electron chi connectivity index (χ0n) is 24.4. The third-order valence-electron chi connectivity index (χ3n) is 10.9. The summed E-state index contributed by atoms with van der Waals surface area (Å²) in [6.45, 7) is 11.9. The van der Waals surface area contributed by atoms with Crippen molar-refractivity contribution in [2.45, 2.75) is 122 Å². The van der Waals surface area contributed by atoms with E-state index in [0.29, 0.717) is 30.6 Å². The second-order valence-electron chi connectivity index (χ2n) is 13.5. The van der Waals surface area contributed by atoms with Crippen LogP contribution in [0.1, 0.15) is 97.8 Å². The standard InChI is InChI=1S/C34H51NO4/c1-5-6-9-27-21-35-32(39-27)34(17-18-34)31(38)15-10-22(2)28-13-14-29-24(8-7-16-33(28,29)4)11-12-25-19-26(36)20-30(37)23(25)3/h10-12,15,22,26-31,36-38H,3,5-9,13-14,16-21H2,1-2,4H3/t22-,26-,27?,28-,29+,30+,31-,33-/m1/s1. The number of nitrogens with zero attached hydrogens (tertiary/aromatic N) is 1. The number of fused-ring (bicyclic) bond motifs is 1. The first-order valence-electron chi connectivity index (χ1n) is 15.7. The van der Waals surface area contributed by atoms with Crippen LogP contribution in [0.2, 0.25) is 0 Å². The summed E-state index contributed by atoms with van der Waals surface area (Å²) in [6.07, 6.45) is 19.5. The summed E-state index contributed by atoms with van der Waals surface area (Å²) >= 11 is 0. The quantitative estimate of drug-likeness (QED) is 0.295. The van der Waals surface area contributed by atoms with Crippen molar-refractivity contribution < 1.29 is 20.1 Å². The van der Waals surface area contributed by atoms with E-state index in [-0.39, 0.29) is 16.9 Å². The summed E-state index contributed by atoms with van der Waals surface area (Å²) in [4.78, 5) is 4.72. The van der Waals surface area contributed by atoms with Gasteiger partial charge in [0, 0.05) is 6.42 Å². The summed E-state index contributed by atoms with van der Waals surface area (Å²) in [6, 6.07) is 0. The van der Waals surface area contributed by atoms with Gasteiger partial charge in [-0.2, -0.15) is 0 Å². The highest BCUT2D eigenvalue weighted by Crippen LogP contribution is 2.60. The molecule has 5 aliphatic rings. The molecule has 4 saturated carbocycles. The molecule has 216 valence electrons. The van der Waals surface area contributed by atoms with Crippen LogP contribution in [-0.4, -0.2) is 52.2 Å². The fraction of sp³-hybridized carbons (Fsp3) is 0.735. The number of aliphatic hydroxyl groups excluding tert-OH is 3. The number of unbranched alkanes of at least 4 members (excludes halogenated alkanes) is 1. The molecule has 0 amide bonds. The maximum atomic E-state index is 11.2. The Labute approximate surface area is 235 Å². The molecule has 8 atom stereocenters. The molecule has 0 bridgehead atoms. The van der Waals surface area contributed by atoms with E-state index in [1.54, 1.807) is 0 Å². The van der Waals surface area contributed by atoms with Gasteiger partial charge in [0.25, 0.3) is 0 Å². The maximum absolute atomic E-state index is 11.2. The highest BCUT2D eigenvalue weighted by atomic mass is 16.5. The zero-order valence-corrected chi connectivity index (χ0v) is 24.4. The van der Waals surface area contributed by atoms with Crippen LogP contribution in [0.5, 0.6) is 0 Å². The maximum Gasteiger partial charge on any atom is 0.193 e. The number of allylic oxidation sites excluding steroid dienone is 4. The lowest BCUT2D eigenvalue weighted by atomic mass is 9.61. The van der Waals surface area contributed by atoms with Gasteiger partial charge in [0.15, 0.2) is 5.90 Å². The number of ether oxygens (including phenoxy) is 1. The van der Waals surface area contributed by atoms with E-state index in [1.807, 2.05) is 0 Å². The Bertz CT molecular complexity index is 1040. The number of hydrogen-bond donors (Lipinski definition) is 3. The Hall–Kier alpha value is -1.69. The number of aliphatic hydroxyl groups is 3. The zero-order chi connectivity index (χ0) is 27.8. The summed E-state index contributed by atoms with van der Waals surface area (Å²) in [5.74, 6) is 2.36. The van der Waals surface area contributed by atoms with Gasteiger partial charge in [0.1, 0.15) is 6.10 Å². The van der Waals surface area contributed by atoms with Crippen molar-refractivity contribution in [1.29, 1.82) is 0 Å². The lowest BCUT2D eigenvalue weighted by Gasteiger charge is -2.44. The minimum atomic E-state index is -0.640. The molecule has 0 aromatic carbocycles. The number of hydrogen-bond acceptors (Lipinski definition) is 5. The first-order valence-corrected chi connectivity index (χ1v) is 15.7. The molecule has 0 saturated heterocycles. The predicted molar refractivity (Wildman–Crippen MR) is 157 cm³/mol. The van der Waals surface area contributed by atoms with Crippen molar-refractivity contribution in [2.24, 2.45) is 33.6 Å². The molecule has 5 heteroatoms. The van der Waals surface area contributed by atoms with Crippen LogP contribution in [0.3, 0.4) is 0 Å². The van der Waals surface area contributed by atoms with Crippen molar-refractivity contribution in [2.75, 3.05) is 6.54 Å². The molecule has 1 unspecified atom stereocenters. The first kappa shape index (κ1) is 28.8. The molecular weight excluding hydrogens is 486 g/mol. The van der Waals surface area contributed by atoms with Crippen molar-refractivity contribution in [3.05, 3.63) is 47.6 Å². The topological polar surface area (TPSA) is 82.3 Å². The molecule has 1 heterocycles. The Morgan fingerprint density at radius 1 is 1.15 bits per heavy atom. The Morgan fingerprint density at radius 3 is 2.69 bits per heavy atom. The lowest BCUT2D eigenvalue weighted by molar-refractivity contribution is 0.0862. The summed E-state index contributed by atoms with van der Waals surface area (Å²) < 4.78 is 6.21. The van der Waals surface area contributed by atoms with E-state index < -0.39 is 18.3 Å². The molecule has 5 nitrogen and oxygen atoms in total. The fourth-order valence-corrected chi connectivity index (χ4v) is 8.25. The smallest absolute Gasteiger partial charge is 0.193 e. The van der Waals surface area contributed by atoms with Crippen molar-refractivity contribution >= 4 is 5.90 Å². The van der Waals surface area contributed by atoms with E-state index in [1.165, 1.54) is 37.7 Å². The lowest BCUT2D eigenvalue weighted by Crippen LogP contribution is -2.36. The first-order chi connectivity index (χ1) is 18.7. The van der Waals surface area contributed by atoms with E-state index in [4.69, 9.17) is 9.73 Å². The van der Waals surface area contributed by atoms with E-state index in [9.17, 15) is 15.3 Å². The normalized spacial score (nSPS) is 39.6. The van der Waals surface area contributed by atoms with Crippen molar-refractivity contribution in [1.82, 2.24) is 0 Å². The third-order valence-corrected chi connectivity index (χ3v) is 10.9. The second-order valence-corrected chi connectivity index (χ2v) is 13.5. The Morgan fingerprint density at radius 2 is 1.95 bits per heavy atom. The molecule has 4 aliphatic carbocycles. The second kappa shape index (κ2) is 11.7. The predicted octanol–water partition coefficient (Wildman–Crippen LogP) is 6.45. The fourth-order valence-electron chi connectivity index (χ4n) is 8.25. The van der Waals surface area contributed by atoms with Crippen LogP contribution >= 0.6 is 0 Å². The molecule has 0 radical (unpaired) electrons. The largest absolute Gasteiger partial charge is 0.475 e. The summed E-state index contributed by atoms with van der Waals surface area (Å²) in [7, 11) is 0. The van der Waals surface area contributed by atoms with Crippen molar-refractivity contribution in [3.63, 3.8) is 0 Å². The van der Waals surface area contributed by atoms with Gasteiger partial charge in [-0.15, -0.1) is 0 Å². The third kappa shape index (κ3) is 5.74. The summed E-state index contributed by atoms with van der Waals surface area (Å²) in [5, 5.41) is 31.6. The van der Waals surface area contributed by atoms with Gasteiger partial charge < -0.3 is 20.1 Å². The number of aliphatic imine (C=N–C) groups is 1. The molecule has 39 heavy (non-hydrogen) atoms. The van der Waals surface area contributed by atoms with Gasteiger partial charge in [0.05, 0.1) is 30.3 Å². The van der Waals surface area contributed by atoms with Gasteiger partial charge >= 0.3 is 0 Å². The van der Waals surface area contributed by atoms with Crippen LogP contribution in [0.15, 0.2) is 52.6 Å². The molecular formula is C34H51NO4. The molecule has 0 spiro atoms. The van der Waals surface area contributed by atoms with Crippen LogP contribution in [0.25, 0.3) is 0 Å². The molecule has 3 N–H and O–H groups in total. The monoisotopic (exact) mass is 537 g/mol. The van der Waals surface area contributed by atoms with Gasteiger partial charge in [-0.3, -0.25) is 4.99 Å². The Balaban J connectivity index is 1.23. The van der Waals surface area contributed by atoms with Gasteiger partial charge in [0.2, 0.25) is 0 Å². The van der Waals surface area contributed by atoms with Crippen LogP contribution < -0.4 is 0 Å². The molecule has 0 aromatic rings. The summed E-state index contributed by atoms with van der Waals surface area (Å²) in [5.41, 5.74) is 3.22. The van der Waals surface area contributed by atoms with E-state index in [0.717, 1.165) is 55.7 Å². The van der Waals surface area contributed by atoms with Gasteiger partial charge in [-0.25, -0.2) is 0 Å². The highest BCUT2D eigenvalue weighted by Gasteiger charge is 2.56. The molecule has 1 aliphatic heterocycles. The van der Waals surface area contributed by atoms with Crippen LogP contribution in [0, 0.1) is 28.6 Å². The van der Waals surface area contributed by atoms with Crippen molar-refractivity contribution in [3.8, 4) is 0 Å². The van der Waals surface area contributed by atoms with Gasteiger partial charge in [-0.05, 0) is 98.5 Å². The SMILES string of the molecule is C=C1C(=CC=C2CCC[C@]3(C)[C@@H]([C@H](C)C=C[C@@H](O)C4(C5=NCC(CCCC)O5)CC4)CC[C@@H]23)C[C@@H](O)C[C@@H]1O. The Kier molecular flexibility index (Phi) is 8.62. The number of rotatable bonds is 9. The van der Waals surface area contributed by atoms with E-state index >= 15 is 0 Å². The molecule has 0 aromatic heterocycles. The highest BCUT2D eigenvalue weighted by molar-refractivity contribution is 5.87. The van der Waals surface area contributed by atoms with E-state index in [2.05, 4.69) is 51.7 Å². The average Bonchev–Trinajstić information content (AvgIpc) is 3.44. The van der Waals surface area contributed by atoms with Gasteiger partial charge in [-0.1, -0.05) is 63.6 Å². The average molecular weight is 538 g/mol. The molecule has 4 fully saturated rings.